The second-order valence-electron chi connectivity index (χ2n) is 2.97. The van der Waals surface area contributed by atoms with Crippen LogP contribution < -0.4 is 0 Å². The minimum Gasteiger partial charge on any atom is -0.224 e. The number of aryl methyl sites for hydroxylation is 1. The topological polar surface area (TPSA) is 57.9 Å². The van der Waals surface area contributed by atoms with Gasteiger partial charge in [0.1, 0.15) is 6.07 Å². The van der Waals surface area contributed by atoms with Gasteiger partial charge in [-0.05, 0) is 18.1 Å². The standard InChI is InChI=1S/C9H7NO2S/c10-6-8-3-1-2-7-4-5-13(11,12)9(7)8/h1-3H,4-5H2. The lowest BCUT2D eigenvalue weighted by Crippen LogP contribution is -2.00. The smallest absolute Gasteiger partial charge is 0.180 e. The minimum atomic E-state index is -3.17. The Kier molecular flexibility index (Phi) is 1.64. The molecule has 13 heavy (non-hydrogen) atoms. The van der Waals surface area contributed by atoms with Gasteiger partial charge in [-0.1, -0.05) is 12.1 Å². The lowest BCUT2D eigenvalue weighted by Gasteiger charge is -1.98. The van der Waals surface area contributed by atoms with E-state index in [4.69, 9.17) is 5.26 Å². The van der Waals surface area contributed by atoms with E-state index in [1.165, 1.54) is 0 Å². The number of fused-ring (bicyclic) bond motifs is 1. The highest BCUT2D eigenvalue weighted by atomic mass is 32.2. The average Bonchev–Trinajstić information content (AvgIpc) is 2.43. The Hall–Kier alpha value is -1.34. The quantitative estimate of drug-likeness (QED) is 0.614. The van der Waals surface area contributed by atoms with Crippen LogP contribution in [-0.4, -0.2) is 14.2 Å². The molecule has 0 bridgehead atoms. The third kappa shape index (κ3) is 1.12. The van der Waals surface area contributed by atoms with Gasteiger partial charge < -0.3 is 0 Å². The lowest BCUT2D eigenvalue weighted by atomic mass is 10.1. The summed E-state index contributed by atoms with van der Waals surface area (Å²) in [7, 11) is -3.17. The van der Waals surface area contributed by atoms with Crippen LogP contribution in [0.25, 0.3) is 0 Å². The summed E-state index contributed by atoms with van der Waals surface area (Å²) in [6.07, 6.45) is 0.535. The third-order valence-corrected chi connectivity index (χ3v) is 4.01. The average molecular weight is 193 g/mol. The Bertz CT molecular complexity index is 497. The van der Waals surface area contributed by atoms with Crippen molar-refractivity contribution < 1.29 is 8.42 Å². The van der Waals surface area contributed by atoms with E-state index in [9.17, 15) is 8.42 Å². The van der Waals surface area contributed by atoms with Gasteiger partial charge in [0.25, 0.3) is 0 Å². The van der Waals surface area contributed by atoms with Crippen LogP contribution in [0.5, 0.6) is 0 Å². The van der Waals surface area contributed by atoms with Crippen LogP contribution in [0.2, 0.25) is 0 Å². The van der Waals surface area contributed by atoms with Crippen molar-refractivity contribution in [2.75, 3.05) is 5.75 Å². The van der Waals surface area contributed by atoms with Crippen LogP contribution in [0.15, 0.2) is 23.1 Å². The van der Waals surface area contributed by atoms with Crippen LogP contribution >= 0.6 is 0 Å². The summed E-state index contributed by atoms with van der Waals surface area (Å²) in [4.78, 5) is 0.248. The Balaban J connectivity index is 2.83. The number of hydrogen-bond acceptors (Lipinski definition) is 3. The molecule has 0 saturated carbocycles. The molecular weight excluding hydrogens is 186 g/mol. The summed E-state index contributed by atoms with van der Waals surface area (Å²) in [5, 5.41) is 8.72. The molecule has 2 rings (SSSR count). The Morgan fingerprint density at radius 1 is 1.38 bits per heavy atom. The normalized spacial score (nSPS) is 17.8. The number of hydrogen-bond donors (Lipinski definition) is 0. The molecule has 0 aliphatic carbocycles. The third-order valence-electron chi connectivity index (χ3n) is 2.17. The molecule has 0 saturated heterocycles. The first kappa shape index (κ1) is 8.27. The molecule has 0 radical (unpaired) electrons. The molecule has 3 nitrogen and oxygen atoms in total. The zero-order valence-corrected chi connectivity index (χ0v) is 7.63. The number of sulfone groups is 1. The van der Waals surface area contributed by atoms with Crippen molar-refractivity contribution in [2.45, 2.75) is 11.3 Å². The number of nitriles is 1. The van der Waals surface area contributed by atoms with E-state index < -0.39 is 9.84 Å². The Morgan fingerprint density at radius 3 is 2.85 bits per heavy atom. The highest BCUT2D eigenvalue weighted by molar-refractivity contribution is 7.91. The first-order valence-electron chi connectivity index (χ1n) is 3.90. The van der Waals surface area contributed by atoms with Crippen molar-refractivity contribution in [1.82, 2.24) is 0 Å². The van der Waals surface area contributed by atoms with Crippen LogP contribution in [0.4, 0.5) is 0 Å². The van der Waals surface area contributed by atoms with Crippen molar-refractivity contribution in [2.24, 2.45) is 0 Å². The van der Waals surface area contributed by atoms with E-state index >= 15 is 0 Å². The van der Waals surface area contributed by atoms with Crippen LogP contribution in [0.3, 0.4) is 0 Å². The van der Waals surface area contributed by atoms with Crippen molar-refractivity contribution in [3.8, 4) is 6.07 Å². The number of nitrogens with zero attached hydrogens (tertiary/aromatic N) is 1. The highest BCUT2D eigenvalue weighted by Crippen LogP contribution is 2.28. The fourth-order valence-corrected chi connectivity index (χ4v) is 3.29. The van der Waals surface area contributed by atoms with E-state index in [1.54, 1.807) is 18.2 Å². The van der Waals surface area contributed by atoms with Gasteiger partial charge in [-0.15, -0.1) is 0 Å². The molecule has 4 heteroatoms. The molecule has 1 aliphatic heterocycles. The molecule has 1 aliphatic rings. The van der Waals surface area contributed by atoms with E-state index in [2.05, 4.69) is 0 Å². The van der Waals surface area contributed by atoms with Crippen molar-refractivity contribution in [3.05, 3.63) is 29.3 Å². The predicted octanol–water partition coefficient (Wildman–Crippen LogP) is 0.888. The van der Waals surface area contributed by atoms with Gasteiger partial charge in [-0.3, -0.25) is 0 Å². The zero-order valence-electron chi connectivity index (χ0n) is 6.82. The molecule has 0 aromatic heterocycles. The maximum Gasteiger partial charge on any atom is 0.180 e. The van der Waals surface area contributed by atoms with Gasteiger partial charge in [0.15, 0.2) is 9.84 Å². The molecular formula is C9H7NO2S. The van der Waals surface area contributed by atoms with Crippen LogP contribution in [0, 0.1) is 11.3 Å². The van der Waals surface area contributed by atoms with Gasteiger partial charge in [-0.2, -0.15) is 5.26 Å². The molecule has 1 heterocycles. The summed E-state index contributed by atoms with van der Waals surface area (Å²) in [6, 6.07) is 6.93. The number of benzene rings is 1. The Morgan fingerprint density at radius 2 is 2.15 bits per heavy atom. The van der Waals surface area contributed by atoms with Crippen molar-refractivity contribution in [1.29, 1.82) is 5.26 Å². The Labute approximate surface area is 76.5 Å². The second-order valence-corrected chi connectivity index (χ2v) is 5.02. The summed E-state index contributed by atoms with van der Waals surface area (Å²) in [6.45, 7) is 0. The van der Waals surface area contributed by atoms with Crippen molar-refractivity contribution in [3.63, 3.8) is 0 Å². The van der Waals surface area contributed by atoms with E-state index in [1.807, 2.05) is 6.07 Å². The molecule has 0 spiro atoms. The molecule has 0 unspecified atom stereocenters. The largest absolute Gasteiger partial charge is 0.224 e. The molecule has 1 aromatic carbocycles. The molecule has 0 fully saturated rings. The van der Waals surface area contributed by atoms with Gasteiger partial charge in [-0.25, -0.2) is 8.42 Å². The zero-order chi connectivity index (χ0) is 9.47. The lowest BCUT2D eigenvalue weighted by molar-refractivity contribution is 0.600. The van der Waals surface area contributed by atoms with E-state index in [0.29, 0.717) is 6.42 Å². The predicted molar refractivity (Wildman–Crippen MR) is 46.9 cm³/mol. The maximum atomic E-state index is 11.5. The SMILES string of the molecule is N#Cc1cccc2c1S(=O)(=O)CC2. The molecule has 66 valence electrons. The van der Waals surface area contributed by atoms with E-state index in [0.717, 1.165) is 5.56 Å². The van der Waals surface area contributed by atoms with E-state index in [-0.39, 0.29) is 16.2 Å². The monoisotopic (exact) mass is 193 g/mol. The summed E-state index contributed by atoms with van der Waals surface area (Å²) in [5.74, 6) is 0.140. The first-order chi connectivity index (χ1) is 6.15. The maximum absolute atomic E-state index is 11.5. The van der Waals surface area contributed by atoms with Crippen LogP contribution in [0.1, 0.15) is 11.1 Å². The van der Waals surface area contributed by atoms with Gasteiger partial charge in [0, 0.05) is 0 Å². The summed E-state index contributed by atoms with van der Waals surface area (Å²) in [5.41, 5.74) is 1.05. The van der Waals surface area contributed by atoms with Gasteiger partial charge in [0.2, 0.25) is 0 Å². The van der Waals surface area contributed by atoms with Crippen LogP contribution in [-0.2, 0) is 16.3 Å². The summed E-state index contributed by atoms with van der Waals surface area (Å²) >= 11 is 0. The van der Waals surface area contributed by atoms with Gasteiger partial charge in [0.05, 0.1) is 16.2 Å². The second kappa shape index (κ2) is 2.57. The van der Waals surface area contributed by atoms with Gasteiger partial charge >= 0.3 is 0 Å². The molecule has 0 atom stereocenters. The highest BCUT2D eigenvalue weighted by Gasteiger charge is 2.28. The molecule has 1 aromatic rings. The fraction of sp³-hybridized carbons (Fsp3) is 0.222. The molecule has 0 N–H and O–H groups in total. The fourth-order valence-electron chi connectivity index (χ4n) is 1.58. The number of rotatable bonds is 0. The molecule has 0 amide bonds. The first-order valence-corrected chi connectivity index (χ1v) is 5.55. The summed E-state index contributed by atoms with van der Waals surface area (Å²) < 4.78 is 23.0. The van der Waals surface area contributed by atoms with Crippen molar-refractivity contribution >= 4 is 9.84 Å². The minimum absolute atomic E-state index is 0.140.